The van der Waals surface area contributed by atoms with Gasteiger partial charge in [0.05, 0.1) is 22.1 Å². The second-order valence-corrected chi connectivity index (χ2v) is 28.6. The summed E-state index contributed by atoms with van der Waals surface area (Å²) in [5, 5.41) is 4.84. The number of aromatic nitrogens is 3. The lowest BCUT2D eigenvalue weighted by molar-refractivity contribution is 1.18. The van der Waals surface area contributed by atoms with Crippen molar-refractivity contribution in [2.24, 2.45) is 0 Å². The lowest BCUT2D eigenvalue weighted by Gasteiger charge is -2.38. The molecule has 9 heteroatoms. The maximum absolute atomic E-state index is 5.08. The van der Waals surface area contributed by atoms with Gasteiger partial charge < -0.3 is 19.3 Å². The average Bonchev–Trinajstić information content (AvgIpc) is 1.35. The summed E-state index contributed by atoms with van der Waals surface area (Å²) in [7, 11) is 0. The molecule has 6 nitrogen and oxygen atoms in total. The van der Waals surface area contributed by atoms with Crippen LogP contribution in [0.5, 0.6) is 0 Å². The summed E-state index contributed by atoms with van der Waals surface area (Å²) in [5.41, 5.74) is 32.8. The van der Waals surface area contributed by atoms with Crippen LogP contribution in [-0.2, 0) is 0 Å². The van der Waals surface area contributed by atoms with Crippen LogP contribution in [-0.4, -0.2) is 34.7 Å². The summed E-state index contributed by atoms with van der Waals surface area (Å²) in [5.74, 6) is 0. The lowest BCUT2D eigenvalue weighted by atomic mass is 9.33. The van der Waals surface area contributed by atoms with E-state index in [-0.39, 0.29) is 20.1 Å². The van der Waals surface area contributed by atoms with E-state index >= 15 is 0 Å². The summed E-state index contributed by atoms with van der Waals surface area (Å²) < 4.78 is 2.38. The number of benzene rings is 16. The fourth-order valence-electron chi connectivity index (χ4n) is 17.6. The van der Waals surface area contributed by atoms with Gasteiger partial charge in [0.15, 0.2) is 0 Å². The Kier molecular flexibility index (Phi) is 17.2. The van der Waals surface area contributed by atoms with E-state index in [1.165, 1.54) is 150 Å². The smallest absolute Gasteiger partial charge is 0.269 e. The maximum atomic E-state index is 5.08. The van der Waals surface area contributed by atoms with E-state index in [1.54, 1.807) is 0 Å². The number of anilines is 9. The van der Waals surface area contributed by atoms with Gasteiger partial charge in [0.25, 0.3) is 6.71 Å². The quantitative estimate of drug-likeness (QED) is 0.135. The van der Waals surface area contributed by atoms with Crippen molar-refractivity contribution in [1.82, 2.24) is 14.5 Å². The Morgan fingerprint density at radius 3 is 1.15 bits per heavy atom. The van der Waals surface area contributed by atoms with Crippen LogP contribution in [0.1, 0.15) is 0 Å². The van der Waals surface area contributed by atoms with Crippen molar-refractivity contribution in [3.05, 3.63) is 431 Å². The van der Waals surface area contributed by atoms with Gasteiger partial charge in [0.2, 0.25) is 13.4 Å². The van der Waals surface area contributed by atoms with Crippen LogP contribution in [0.4, 0.5) is 51.2 Å². The van der Waals surface area contributed by atoms with Gasteiger partial charge >= 0.3 is 0 Å². The van der Waals surface area contributed by atoms with Gasteiger partial charge in [-0.25, -0.2) is 0 Å². The Balaban J connectivity index is 0.000000115. The second-order valence-electron chi connectivity index (χ2n) is 28.6. The van der Waals surface area contributed by atoms with Crippen LogP contribution in [0, 0.1) is 0 Å². The van der Waals surface area contributed by atoms with Crippen molar-refractivity contribution >= 4 is 164 Å². The molecule has 16 aromatic carbocycles. The zero-order valence-corrected chi connectivity index (χ0v) is 60.9. The van der Waals surface area contributed by atoms with E-state index in [4.69, 9.17) is 9.97 Å². The molecule has 3 aliphatic rings. The monoisotopic (exact) mass is 1410 g/mol. The van der Waals surface area contributed by atoms with Crippen molar-refractivity contribution in [1.29, 1.82) is 0 Å². The highest BCUT2D eigenvalue weighted by Gasteiger charge is 2.40. The summed E-state index contributed by atoms with van der Waals surface area (Å²) >= 11 is 0. The molecule has 22 rings (SSSR count). The molecule has 0 atom stereocenters. The molecule has 0 bridgehead atoms. The first-order valence-electron chi connectivity index (χ1n) is 38.2. The standard InChI is InChI=1S/C48H33BN2.2C27H19BN2/c1-4-17-34(18-5-1)38-24-16-25-39(35-19-6-2-7-20-35)48(38)49-42-26-11-14-29-46(42)51(47-30-15-12-27-43(47)49)37-31-32-45-41(33-37)40-23-10-13-28-44(40)50(45)36-21-8-3-9-22-36;1-2-11-21(12-3-1)30-25-16-8-5-13-22(25)28(23-14-6-9-17-26(23)30)27-19-18-20-10-4-7-15-24(20)29-27;1-2-12-21(13-3-1)30-25-17-6-4-14-22(25)28(23-15-5-7-18-26(23)30)24-16-8-10-20-11-9-19-29-27(20)24/h1-33H;2*1-19H. The van der Waals surface area contributed by atoms with Gasteiger partial charge in [-0.15, -0.1) is 0 Å². The van der Waals surface area contributed by atoms with Gasteiger partial charge in [-0.3, -0.25) is 9.97 Å². The Morgan fingerprint density at radius 2 is 0.622 bits per heavy atom. The van der Waals surface area contributed by atoms with Gasteiger partial charge in [-0.05, 0) is 181 Å². The predicted molar refractivity (Wildman–Crippen MR) is 472 cm³/mol. The molecule has 3 aliphatic heterocycles. The Morgan fingerprint density at radius 1 is 0.234 bits per heavy atom. The van der Waals surface area contributed by atoms with E-state index in [1.807, 2.05) is 12.3 Å². The first-order valence-corrected chi connectivity index (χ1v) is 38.2. The summed E-state index contributed by atoms with van der Waals surface area (Å²) in [6, 6.07) is 152. The minimum absolute atomic E-state index is 0.0176. The summed E-state index contributed by atoms with van der Waals surface area (Å²) in [6.45, 7) is 0.252. The highest BCUT2D eigenvalue weighted by atomic mass is 15.2. The molecule has 0 saturated heterocycles. The minimum Gasteiger partial charge on any atom is -0.312 e. The third kappa shape index (κ3) is 11.8. The van der Waals surface area contributed by atoms with Crippen molar-refractivity contribution in [2.45, 2.75) is 0 Å². The molecular formula is C102H71B3N6. The second kappa shape index (κ2) is 28.8. The first kappa shape index (κ1) is 66.2. The fourth-order valence-corrected chi connectivity index (χ4v) is 17.6. The number of nitrogens with zero attached hydrogens (tertiary/aromatic N) is 6. The Labute approximate surface area is 648 Å². The van der Waals surface area contributed by atoms with Crippen molar-refractivity contribution < 1.29 is 0 Å². The van der Waals surface area contributed by atoms with Crippen LogP contribution in [0.3, 0.4) is 0 Å². The van der Waals surface area contributed by atoms with E-state index in [0.717, 1.165) is 22.3 Å². The number of hydrogen-bond acceptors (Lipinski definition) is 5. The zero-order valence-electron chi connectivity index (χ0n) is 60.9. The van der Waals surface area contributed by atoms with E-state index in [9.17, 15) is 0 Å². The Hall–Kier alpha value is -14.3. The molecule has 0 radical (unpaired) electrons. The number of fused-ring (bicyclic) bond motifs is 11. The molecular weight excluding hydrogens is 1340 g/mol. The highest BCUT2D eigenvalue weighted by Crippen LogP contribution is 2.43. The van der Waals surface area contributed by atoms with Crippen LogP contribution in [0.2, 0.25) is 0 Å². The van der Waals surface area contributed by atoms with Crippen molar-refractivity contribution in [2.75, 3.05) is 14.7 Å². The molecule has 0 amide bonds. The molecule has 0 fully saturated rings. The SMILES string of the molecule is c1ccc(-c2cccc(-c3ccccc3)c2B2c3ccccc3N(c3ccc4c(c3)c3ccccc3n4-c3ccccc3)c3ccccc32)cc1.c1ccc(N2c3ccccc3B(c3ccc4ccccc4n3)c3ccccc32)cc1.c1ccc(N2c3ccccc3B(c3cccc4cccnc34)c3ccccc32)cc1. The number of para-hydroxylation sites is 12. The van der Waals surface area contributed by atoms with Crippen molar-refractivity contribution in [3.63, 3.8) is 0 Å². The molecule has 0 N–H and O–H groups in total. The average molecular weight is 1410 g/mol. The van der Waals surface area contributed by atoms with Crippen LogP contribution >= 0.6 is 0 Å². The van der Waals surface area contributed by atoms with Gasteiger partial charge in [-0.1, -0.05) is 315 Å². The third-order valence-electron chi connectivity index (χ3n) is 22.3. The fraction of sp³-hybridized carbons (Fsp3) is 0. The van der Waals surface area contributed by atoms with E-state index < -0.39 is 0 Å². The van der Waals surface area contributed by atoms with Crippen molar-refractivity contribution in [3.8, 4) is 27.9 Å². The van der Waals surface area contributed by atoms with E-state index in [2.05, 4.69) is 438 Å². The van der Waals surface area contributed by atoms with Crippen LogP contribution in [0.25, 0.3) is 71.6 Å². The van der Waals surface area contributed by atoms with E-state index in [0.29, 0.717) is 0 Å². The summed E-state index contributed by atoms with van der Waals surface area (Å²) in [6.07, 6.45) is 1.89. The molecule has 111 heavy (non-hydrogen) atoms. The Bertz CT molecular complexity index is 6430. The van der Waals surface area contributed by atoms with Gasteiger partial charge in [0, 0.05) is 84.8 Å². The number of rotatable bonds is 9. The maximum Gasteiger partial charge on any atom is 0.269 e. The van der Waals surface area contributed by atoms with Gasteiger partial charge in [0.1, 0.15) is 0 Å². The normalized spacial score (nSPS) is 12.4. The molecule has 518 valence electrons. The molecule has 19 aromatic rings. The third-order valence-corrected chi connectivity index (χ3v) is 22.3. The minimum atomic E-state index is 0.0176. The zero-order chi connectivity index (χ0) is 73.6. The first-order chi connectivity index (χ1) is 55.2. The molecule has 0 saturated carbocycles. The van der Waals surface area contributed by atoms with Crippen LogP contribution < -0.4 is 64.0 Å². The topological polar surface area (TPSA) is 40.4 Å². The molecule has 6 heterocycles. The van der Waals surface area contributed by atoms with Crippen LogP contribution in [0.15, 0.2) is 431 Å². The highest BCUT2D eigenvalue weighted by molar-refractivity contribution is 7.00. The lowest BCUT2D eigenvalue weighted by Crippen LogP contribution is -2.58. The number of hydrogen-bond donors (Lipinski definition) is 0. The molecule has 3 aromatic heterocycles. The summed E-state index contributed by atoms with van der Waals surface area (Å²) in [4.78, 5) is 17.1. The molecule has 0 spiro atoms. The largest absolute Gasteiger partial charge is 0.312 e. The van der Waals surface area contributed by atoms with Gasteiger partial charge in [-0.2, -0.15) is 0 Å². The number of pyridine rings is 2. The predicted octanol–water partition coefficient (Wildman–Crippen LogP) is 19.5. The molecule has 0 aliphatic carbocycles. The molecule has 0 unspecified atom stereocenters.